The Balaban J connectivity index is 0.935. The first-order chi connectivity index (χ1) is 25.5. The number of benzene rings is 3. The van der Waals surface area contributed by atoms with E-state index < -0.39 is 47.4 Å². The van der Waals surface area contributed by atoms with Crippen molar-refractivity contribution in [2.75, 3.05) is 42.9 Å². The maximum atomic E-state index is 14.4. The van der Waals surface area contributed by atoms with Gasteiger partial charge in [-0.15, -0.1) is 11.3 Å². The number of fused-ring (bicyclic) bond motifs is 2. The molecule has 3 N–H and O–H groups in total. The van der Waals surface area contributed by atoms with E-state index in [1.54, 1.807) is 29.6 Å². The fourth-order valence-corrected chi connectivity index (χ4v) is 7.66. The van der Waals surface area contributed by atoms with Crippen LogP contribution in [0.2, 0.25) is 0 Å². The number of aromatic hydroxyl groups is 1. The van der Waals surface area contributed by atoms with Crippen LogP contribution in [0, 0.1) is 5.82 Å². The Morgan fingerprint density at radius 3 is 2.45 bits per heavy atom. The lowest BCUT2D eigenvalue weighted by Crippen LogP contribution is -2.58. The molecule has 17 heteroatoms. The number of carbonyl (C=O) groups is 6. The number of nitrogens with one attached hydrogen (secondary N) is 2. The molecule has 0 saturated carbocycles. The van der Waals surface area contributed by atoms with E-state index in [9.17, 15) is 38.3 Å². The van der Waals surface area contributed by atoms with Crippen LogP contribution in [0.5, 0.6) is 5.75 Å². The summed E-state index contributed by atoms with van der Waals surface area (Å²) in [5.74, 6) is -3.76. The van der Waals surface area contributed by atoms with E-state index in [1.807, 2.05) is 12.1 Å². The van der Waals surface area contributed by atoms with Gasteiger partial charge in [0, 0.05) is 74.1 Å². The Morgan fingerprint density at radius 2 is 1.70 bits per heavy atom. The number of rotatable bonds is 8. The topological polar surface area (TPSA) is 176 Å². The number of imide groups is 2. The van der Waals surface area contributed by atoms with E-state index in [1.165, 1.54) is 22.4 Å². The zero-order valence-electron chi connectivity index (χ0n) is 28.0. The molecule has 0 bridgehead atoms. The number of amides is 7. The fourth-order valence-electron chi connectivity index (χ4n) is 7.13. The lowest BCUT2D eigenvalue weighted by Gasteiger charge is -2.36. The van der Waals surface area contributed by atoms with Gasteiger partial charge in [0.25, 0.3) is 23.6 Å². The lowest BCUT2D eigenvalue weighted by atomic mass is 10.0. The minimum atomic E-state index is -1.33. The first-order valence-electron chi connectivity index (χ1n) is 16.8. The molecule has 1 unspecified atom stereocenters. The molecule has 4 aliphatic heterocycles. The largest absolute Gasteiger partial charge is 0.508 e. The molecule has 5 heterocycles. The molecule has 4 aromatic rings. The SMILES string of the molecule is O=C1CCN(N2C(=O)c3ccc(CN4CCN(c5ccc6c(c5)C(=O)N(C(C(=O)Nc5nccs5)c5cc(F)ccc5O)C6)CC4)cc3C2=O)C(=O)N1. The van der Waals surface area contributed by atoms with Gasteiger partial charge in [0.05, 0.1) is 17.7 Å². The van der Waals surface area contributed by atoms with Crippen LogP contribution in [0.3, 0.4) is 0 Å². The third-order valence-electron chi connectivity index (χ3n) is 9.78. The number of phenols is 1. The highest BCUT2D eigenvalue weighted by atomic mass is 32.1. The number of urea groups is 1. The van der Waals surface area contributed by atoms with Crippen molar-refractivity contribution in [3.05, 3.63) is 105 Å². The van der Waals surface area contributed by atoms with Crippen molar-refractivity contribution in [2.24, 2.45) is 0 Å². The van der Waals surface area contributed by atoms with Crippen LogP contribution in [0.4, 0.5) is 20.0 Å². The second-order valence-electron chi connectivity index (χ2n) is 13.0. The highest BCUT2D eigenvalue weighted by Gasteiger charge is 2.43. The van der Waals surface area contributed by atoms with Crippen molar-refractivity contribution >= 4 is 57.7 Å². The van der Waals surface area contributed by atoms with Gasteiger partial charge >= 0.3 is 6.03 Å². The molecule has 270 valence electrons. The number of aromatic nitrogens is 1. The van der Waals surface area contributed by atoms with Crippen LogP contribution in [0.25, 0.3) is 0 Å². The molecule has 2 saturated heterocycles. The molecule has 15 nitrogen and oxygen atoms in total. The molecule has 7 amide bonds. The Kier molecular flexibility index (Phi) is 8.58. The molecule has 2 fully saturated rings. The van der Waals surface area contributed by atoms with E-state index in [0.717, 1.165) is 39.5 Å². The van der Waals surface area contributed by atoms with Gasteiger partial charge in [0.1, 0.15) is 17.6 Å². The Morgan fingerprint density at radius 1 is 0.906 bits per heavy atom. The lowest BCUT2D eigenvalue weighted by molar-refractivity contribution is -0.123. The summed E-state index contributed by atoms with van der Waals surface area (Å²) in [5.41, 5.74) is 3.09. The summed E-state index contributed by atoms with van der Waals surface area (Å²) in [7, 11) is 0. The number of hydrogen-bond acceptors (Lipinski definition) is 11. The van der Waals surface area contributed by atoms with Crippen LogP contribution in [-0.4, -0.2) is 98.2 Å². The average molecular weight is 739 g/mol. The second kappa shape index (κ2) is 13.4. The standard InChI is InChI=1S/C36H31FN8O7S/c37-22-3-6-28(46)27(16-22)30(31(48)40-35-38-8-14-53-35)43-19-21-2-4-23(17-25(21)32(43)49)42-12-10-41(11-13-42)18-20-1-5-24-26(15-20)34(51)45(33(24)50)44-9-7-29(47)39-36(44)52/h1-6,8,14-17,30,46H,7,9-13,18-19H2,(H,38,40,48)(H,39,47,52). The summed E-state index contributed by atoms with van der Waals surface area (Å²) in [6, 6.07) is 11.7. The van der Waals surface area contributed by atoms with Gasteiger partial charge in [0.15, 0.2) is 5.13 Å². The molecule has 0 radical (unpaired) electrons. The summed E-state index contributed by atoms with van der Waals surface area (Å²) < 4.78 is 14.4. The third-order valence-corrected chi connectivity index (χ3v) is 10.5. The van der Waals surface area contributed by atoms with Gasteiger partial charge in [-0.2, -0.15) is 5.01 Å². The van der Waals surface area contributed by atoms with E-state index in [-0.39, 0.29) is 42.0 Å². The summed E-state index contributed by atoms with van der Waals surface area (Å²) in [6.45, 7) is 3.09. The normalized spacial score (nSPS) is 18.0. The summed E-state index contributed by atoms with van der Waals surface area (Å²) in [4.78, 5) is 87.4. The molecule has 1 atom stereocenters. The maximum absolute atomic E-state index is 14.4. The van der Waals surface area contributed by atoms with E-state index in [2.05, 4.69) is 25.4 Å². The number of hydrogen-bond donors (Lipinski definition) is 3. The highest BCUT2D eigenvalue weighted by molar-refractivity contribution is 7.13. The number of thiazole rings is 1. The van der Waals surface area contributed by atoms with Gasteiger partial charge < -0.3 is 14.9 Å². The van der Waals surface area contributed by atoms with E-state index in [4.69, 9.17) is 0 Å². The monoisotopic (exact) mass is 738 g/mol. The fraction of sp³-hybridized carbons (Fsp3) is 0.250. The predicted molar refractivity (Wildman–Crippen MR) is 187 cm³/mol. The van der Waals surface area contributed by atoms with Crippen molar-refractivity contribution in [2.45, 2.75) is 25.6 Å². The minimum Gasteiger partial charge on any atom is -0.508 e. The summed E-state index contributed by atoms with van der Waals surface area (Å²) in [6.07, 6.45) is 1.50. The minimum absolute atomic E-state index is 0.0217. The molecular formula is C36H31FN8O7S. The number of piperazine rings is 1. The number of phenolic OH excluding ortho intramolecular Hbond substituents is 1. The van der Waals surface area contributed by atoms with Gasteiger partial charge in [-0.25, -0.2) is 19.2 Å². The summed E-state index contributed by atoms with van der Waals surface area (Å²) >= 11 is 1.19. The quantitative estimate of drug-likeness (QED) is 0.228. The van der Waals surface area contributed by atoms with Crippen molar-refractivity contribution < 1.29 is 38.3 Å². The Bertz CT molecular complexity index is 2210. The maximum Gasteiger partial charge on any atom is 0.343 e. The highest BCUT2D eigenvalue weighted by Crippen LogP contribution is 2.38. The first-order valence-corrected chi connectivity index (χ1v) is 17.7. The molecule has 53 heavy (non-hydrogen) atoms. The van der Waals surface area contributed by atoms with Crippen molar-refractivity contribution in [1.82, 2.24) is 30.1 Å². The first kappa shape index (κ1) is 33.9. The van der Waals surface area contributed by atoms with E-state index >= 15 is 0 Å². The number of hydrazine groups is 1. The van der Waals surface area contributed by atoms with Gasteiger partial charge in [-0.3, -0.25) is 39.5 Å². The Hall–Kier alpha value is -6.20. The number of halogens is 1. The molecular weight excluding hydrogens is 708 g/mol. The zero-order chi connectivity index (χ0) is 37.0. The molecule has 8 rings (SSSR count). The van der Waals surface area contributed by atoms with Crippen molar-refractivity contribution in [3.8, 4) is 5.75 Å². The van der Waals surface area contributed by atoms with Crippen molar-refractivity contribution in [3.63, 3.8) is 0 Å². The zero-order valence-corrected chi connectivity index (χ0v) is 28.8. The predicted octanol–water partition coefficient (Wildman–Crippen LogP) is 3.10. The average Bonchev–Trinajstić information content (AvgIpc) is 3.84. The van der Waals surface area contributed by atoms with Gasteiger partial charge in [-0.05, 0) is 53.6 Å². The van der Waals surface area contributed by atoms with Gasteiger partial charge in [0.2, 0.25) is 5.91 Å². The van der Waals surface area contributed by atoms with Crippen molar-refractivity contribution in [1.29, 1.82) is 0 Å². The van der Waals surface area contributed by atoms with Gasteiger partial charge in [-0.1, -0.05) is 12.1 Å². The number of nitrogens with zero attached hydrogens (tertiary/aromatic N) is 6. The number of anilines is 2. The Labute approximate surface area is 305 Å². The van der Waals surface area contributed by atoms with Crippen LogP contribution in [-0.2, 0) is 22.7 Å². The molecule has 4 aliphatic rings. The van der Waals surface area contributed by atoms with Crippen LogP contribution in [0.1, 0.15) is 60.2 Å². The smallest absolute Gasteiger partial charge is 0.343 e. The van der Waals surface area contributed by atoms with Crippen LogP contribution >= 0.6 is 11.3 Å². The van der Waals surface area contributed by atoms with Crippen LogP contribution in [0.15, 0.2) is 66.2 Å². The number of carbonyl (C=O) groups excluding carboxylic acids is 6. The second-order valence-corrected chi connectivity index (χ2v) is 13.9. The van der Waals surface area contributed by atoms with Crippen LogP contribution < -0.4 is 15.5 Å². The summed E-state index contributed by atoms with van der Waals surface area (Å²) in [5, 5.41) is 19.2. The molecule has 0 spiro atoms. The molecule has 1 aromatic heterocycles. The molecule has 0 aliphatic carbocycles. The third kappa shape index (κ3) is 6.23. The molecule has 3 aromatic carbocycles. The van der Waals surface area contributed by atoms with E-state index in [0.29, 0.717) is 49.0 Å².